The highest BCUT2D eigenvalue weighted by Crippen LogP contribution is 2.59. The average Bonchev–Trinajstić information content (AvgIpc) is 2.53. The van der Waals surface area contributed by atoms with Gasteiger partial charge in [-0.05, 0) is 6.42 Å². The largest absolute Gasteiger partial charge is 0.415 e. The average molecular weight is 346 g/mol. The quantitative estimate of drug-likeness (QED) is 0.525. The van der Waals surface area contributed by atoms with Crippen molar-refractivity contribution in [2.24, 2.45) is 5.92 Å². The van der Waals surface area contributed by atoms with Crippen LogP contribution in [0.3, 0.4) is 0 Å². The number of fused-ring (bicyclic) bond motifs is 2. The maximum atomic E-state index is 12.8. The molecule has 2 aliphatic rings. The minimum absolute atomic E-state index is 0.311. The third-order valence-electron chi connectivity index (χ3n) is 3.44. The zero-order chi connectivity index (χ0) is 13.2. The van der Waals surface area contributed by atoms with E-state index in [1.54, 1.807) is 5.32 Å². The van der Waals surface area contributed by atoms with Gasteiger partial charge < -0.3 is 0 Å². The molecule has 0 amide bonds. The van der Waals surface area contributed by atoms with E-state index in [1.807, 2.05) is 0 Å². The number of nitrogens with one attached hydrogen (secondary N) is 1. The summed E-state index contributed by atoms with van der Waals surface area (Å²) in [5.74, 6) is -1.63. The molecule has 1 heterocycles. The van der Waals surface area contributed by atoms with Crippen molar-refractivity contribution in [1.29, 1.82) is 0 Å². The van der Waals surface area contributed by atoms with Crippen molar-refractivity contribution in [3.63, 3.8) is 0 Å². The summed E-state index contributed by atoms with van der Waals surface area (Å²) >= 11 is 8.59. The molecule has 17 heavy (non-hydrogen) atoms. The number of piperidine rings is 1. The third kappa shape index (κ3) is 1.63. The van der Waals surface area contributed by atoms with Crippen LogP contribution in [0.15, 0.2) is 0 Å². The van der Waals surface area contributed by atoms with E-state index in [0.717, 1.165) is 0 Å². The highest BCUT2D eigenvalue weighted by atomic mass is 79.9. The maximum Gasteiger partial charge on any atom is 0.415 e. The van der Waals surface area contributed by atoms with E-state index in [0.29, 0.717) is 0 Å². The molecule has 0 aromatic carbocycles. The van der Waals surface area contributed by atoms with E-state index in [2.05, 4.69) is 15.9 Å². The van der Waals surface area contributed by atoms with Gasteiger partial charge in [0.2, 0.25) is 5.54 Å². The summed E-state index contributed by atoms with van der Waals surface area (Å²) in [5, 5.41) is 0.934. The lowest BCUT2D eigenvalue weighted by molar-refractivity contribution is -0.318. The third-order valence-corrected chi connectivity index (χ3v) is 5.10. The number of halogens is 8. The molecule has 0 aromatic rings. The molecular weight excluding hydrogens is 339 g/mol. The van der Waals surface area contributed by atoms with Crippen molar-refractivity contribution in [3.05, 3.63) is 0 Å². The van der Waals surface area contributed by atoms with Gasteiger partial charge in [-0.25, -0.2) is 0 Å². The zero-order valence-corrected chi connectivity index (χ0v) is 10.4. The van der Waals surface area contributed by atoms with Crippen molar-refractivity contribution >= 4 is 27.5 Å². The Kier molecular flexibility index (Phi) is 2.96. The maximum absolute atomic E-state index is 12.8. The lowest BCUT2D eigenvalue weighted by atomic mass is 9.82. The molecule has 0 spiro atoms. The minimum Gasteiger partial charge on any atom is -0.290 e. The van der Waals surface area contributed by atoms with Crippen molar-refractivity contribution in [2.45, 2.75) is 40.6 Å². The molecule has 100 valence electrons. The molecule has 0 aromatic heterocycles. The Labute approximate surface area is 106 Å². The molecule has 1 N–H and O–H groups in total. The highest BCUT2D eigenvalue weighted by molar-refractivity contribution is 9.09. The van der Waals surface area contributed by atoms with Gasteiger partial charge in [-0.3, -0.25) is 5.32 Å². The predicted molar refractivity (Wildman–Crippen MR) is 52.2 cm³/mol. The van der Waals surface area contributed by atoms with Crippen molar-refractivity contribution in [2.75, 3.05) is 0 Å². The first kappa shape index (κ1) is 13.7. The molecule has 2 rings (SSSR count). The second-order valence-corrected chi connectivity index (χ2v) is 5.89. The topological polar surface area (TPSA) is 12.0 Å². The van der Waals surface area contributed by atoms with Crippen LogP contribution in [0.25, 0.3) is 0 Å². The van der Waals surface area contributed by atoms with Crippen LogP contribution >= 0.6 is 27.5 Å². The molecule has 1 saturated carbocycles. The van der Waals surface area contributed by atoms with Gasteiger partial charge in [-0.2, -0.15) is 26.3 Å². The summed E-state index contributed by atoms with van der Waals surface area (Å²) in [6, 6.07) is -1.02. The smallest absolute Gasteiger partial charge is 0.290 e. The van der Waals surface area contributed by atoms with Crippen LogP contribution in [-0.4, -0.2) is 34.1 Å². The Balaban J connectivity index is 2.48. The van der Waals surface area contributed by atoms with Crippen LogP contribution in [0.5, 0.6) is 0 Å². The molecule has 1 saturated heterocycles. The second-order valence-electron chi connectivity index (χ2n) is 4.28. The van der Waals surface area contributed by atoms with Gasteiger partial charge in [-0.15, -0.1) is 11.6 Å². The van der Waals surface area contributed by atoms with E-state index in [1.165, 1.54) is 0 Å². The molecule has 1 aliphatic heterocycles. The van der Waals surface area contributed by atoms with E-state index in [4.69, 9.17) is 11.6 Å². The number of hydrogen-bond donors (Lipinski definition) is 1. The molecular formula is C8H7BrClF6N. The highest BCUT2D eigenvalue weighted by Gasteiger charge is 2.81. The molecule has 2 bridgehead atoms. The Morgan fingerprint density at radius 3 is 1.82 bits per heavy atom. The normalized spacial score (nSPS) is 40.9. The number of alkyl halides is 8. The monoisotopic (exact) mass is 345 g/mol. The predicted octanol–water partition coefficient (Wildman–Crippen LogP) is 3.21. The molecule has 2 fully saturated rings. The second kappa shape index (κ2) is 3.66. The van der Waals surface area contributed by atoms with E-state index in [9.17, 15) is 26.3 Å². The van der Waals surface area contributed by atoms with Crippen LogP contribution in [0, 0.1) is 5.92 Å². The van der Waals surface area contributed by atoms with Crippen LogP contribution in [0.1, 0.15) is 6.42 Å². The Morgan fingerprint density at radius 2 is 1.59 bits per heavy atom. The molecule has 9 heteroatoms. The fourth-order valence-corrected chi connectivity index (χ4v) is 4.37. The van der Waals surface area contributed by atoms with Crippen molar-refractivity contribution < 1.29 is 26.3 Å². The first-order valence-corrected chi connectivity index (χ1v) is 6.07. The number of hydrogen-bond acceptors (Lipinski definition) is 1. The van der Waals surface area contributed by atoms with Crippen molar-refractivity contribution in [1.82, 2.24) is 5.32 Å². The van der Waals surface area contributed by atoms with Gasteiger partial charge in [0.15, 0.2) is 0 Å². The number of rotatable bonds is 0. The Hall–Kier alpha value is 0.310. The van der Waals surface area contributed by atoms with E-state index in [-0.39, 0.29) is 6.42 Å². The lowest BCUT2D eigenvalue weighted by Gasteiger charge is -2.41. The summed E-state index contributed by atoms with van der Waals surface area (Å²) in [6.07, 6.45) is -11.1. The van der Waals surface area contributed by atoms with Gasteiger partial charge in [0, 0.05) is 16.8 Å². The first-order valence-electron chi connectivity index (χ1n) is 4.71. The summed E-state index contributed by atoms with van der Waals surface area (Å²) in [6.45, 7) is 0. The minimum atomic E-state index is -5.40. The Bertz CT molecular complexity index is 315. The zero-order valence-electron chi connectivity index (χ0n) is 8.04. The van der Waals surface area contributed by atoms with Crippen molar-refractivity contribution in [3.8, 4) is 0 Å². The molecule has 1 aliphatic carbocycles. The fourth-order valence-electron chi connectivity index (χ4n) is 2.67. The summed E-state index contributed by atoms with van der Waals surface area (Å²) in [7, 11) is 0. The van der Waals surface area contributed by atoms with Gasteiger partial charge in [0.25, 0.3) is 0 Å². The summed E-state index contributed by atoms with van der Waals surface area (Å²) in [5.41, 5.74) is -3.84. The lowest BCUT2D eigenvalue weighted by Crippen LogP contribution is -2.70. The Morgan fingerprint density at radius 1 is 1.12 bits per heavy atom. The molecule has 0 unspecified atom stereocenters. The van der Waals surface area contributed by atoms with E-state index < -0.39 is 40.1 Å². The molecule has 4 atom stereocenters. The van der Waals surface area contributed by atoms with Gasteiger partial charge in [-0.1, -0.05) is 15.9 Å². The summed E-state index contributed by atoms with van der Waals surface area (Å²) in [4.78, 5) is -0.923. The fraction of sp³-hybridized carbons (Fsp3) is 1.00. The summed E-state index contributed by atoms with van der Waals surface area (Å²) < 4.78 is 76.9. The van der Waals surface area contributed by atoms with Crippen LogP contribution in [0.4, 0.5) is 26.3 Å². The van der Waals surface area contributed by atoms with Gasteiger partial charge in [0.1, 0.15) is 0 Å². The standard InChI is InChI=1S/C8H7BrClF6N/c9-4-2-1-3(10)5(4)17-6(2,7(11,12)13)8(14,15)16/h2-5,17H,1H2/t2-,3-,4+,5-/m0/s1. The van der Waals surface area contributed by atoms with Gasteiger partial charge >= 0.3 is 12.4 Å². The van der Waals surface area contributed by atoms with Crippen LogP contribution in [0.2, 0.25) is 0 Å². The first-order chi connectivity index (χ1) is 7.52. The van der Waals surface area contributed by atoms with Crippen LogP contribution in [-0.2, 0) is 0 Å². The molecule has 0 radical (unpaired) electrons. The van der Waals surface area contributed by atoms with E-state index >= 15 is 0 Å². The molecule has 1 nitrogen and oxygen atoms in total. The van der Waals surface area contributed by atoms with Gasteiger partial charge in [0.05, 0.1) is 5.38 Å². The van der Waals surface area contributed by atoms with Crippen LogP contribution < -0.4 is 5.32 Å². The SMILES string of the molecule is FC(F)(F)C1(C(F)(F)F)N[C@@H]2[C@H](Br)[C@@H]1C[C@@H]2Cl.